The molecule has 6 fully saturated rings. The number of aryl methyl sites for hydroxylation is 1. The lowest BCUT2D eigenvalue weighted by Crippen LogP contribution is -2.54. The molecule has 4 aromatic heterocycles. The molecule has 83 heavy (non-hydrogen) atoms. The molecule has 440 valence electrons. The minimum absolute atomic E-state index is 0.00403. The van der Waals surface area contributed by atoms with Crippen LogP contribution >= 0.6 is 11.3 Å². The molecular formula is C61H74F2N12O7S. The largest absolute Gasteiger partial charge is 0.507 e. The number of likely N-dealkylation sites (tertiary alicyclic amines) is 2. The predicted molar refractivity (Wildman–Crippen MR) is 311 cm³/mol. The number of piperazine rings is 1. The van der Waals surface area contributed by atoms with Crippen molar-refractivity contribution in [2.75, 3.05) is 72.8 Å². The maximum absolute atomic E-state index is 15.5. The number of phenols is 1. The standard InChI is InChI=1S/C61H74F2N12O7S/c1-34(2)57(61(79)74-32-41(76)22-52(74)60(78)67-35(3)46-25-49(63)47(26-48(46)62)58-36(4)66-33-83-58)54-28-55(70-82-54)72-19-12-37(13-20-72)29-71-17-14-42(15-18-71)80-43-23-44(24-43)81-56-21-38(11-16-65-56)75-39-9-10-40(75)31-73(30-39)51-27-50(68-69-59(51)64)45-7-5-6-8-53(45)77/h5-8,11,16,21,25-28,33-35,37,39-44,52,57,76-77H,9-10,12-15,17-20,22-24,29-32H2,1-4H3,(H2,64,69)(H,67,78)/t35-,39+,40?,41+,43?,44?,52-,57+/m0/s1. The SMILES string of the molecule is Cc1ncsc1-c1cc(F)c([C@H](C)NC(=O)[C@@H]2C[C@@H](O)CN2C(=O)[C@@H](c2cc(N3CCC(CN4CCC(OC5CC(Oc6cc(N7C8CC[C@@H]7CN(c7cc(-c9ccccc9O)nnc7N)C8)ccn6)C5)CC4)CC3)no2)C(C)C)cc1F. The van der Waals surface area contributed by atoms with E-state index in [1.165, 1.54) is 16.2 Å². The van der Waals surface area contributed by atoms with Gasteiger partial charge >= 0.3 is 0 Å². The maximum atomic E-state index is 15.5. The molecule has 1 unspecified atom stereocenters. The second-order valence-electron chi connectivity index (χ2n) is 24.0. The number of para-hydroxylation sites is 1. The molecule has 2 aromatic carbocycles. The number of aromatic nitrogens is 5. The first-order chi connectivity index (χ1) is 40.1. The van der Waals surface area contributed by atoms with Gasteiger partial charge in [-0.25, -0.2) is 18.7 Å². The molecule has 1 aliphatic carbocycles. The van der Waals surface area contributed by atoms with Crippen molar-refractivity contribution in [1.82, 2.24) is 40.4 Å². The third-order valence-electron chi connectivity index (χ3n) is 18.1. The van der Waals surface area contributed by atoms with Crippen molar-refractivity contribution in [2.45, 2.75) is 140 Å². The third-order valence-corrected chi connectivity index (χ3v) is 19.0. The Bertz CT molecular complexity index is 3280. The fraction of sp³-hybridized carbons (Fsp3) is 0.525. The number of carbonyl (C=O) groups excluding carboxylic acids is 2. The average molecular weight is 1160 g/mol. The number of benzene rings is 2. The molecule has 19 nitrogen and oxygen atoms in total. The molecule has 6 aromatic rings. The van der Waals surface area contributed by atoms with E-state index < -0.39 is 41.6 Å². The number of β-amino-alcohol motifs (C(OH)–C–C–N with tert-alkyl or cyclic N) is 1. The number of nitrogens with zero attached hydrogens (tertiary/aromatic N) is 10. The zero-order valence-corrected chi connectivity index (χ0v) is 48.3. The molecule has 9 heterocycles. The maximum Gasteiger partial charge on any atom is 0.243 e. The van der Waals surface area contributed by atoms with Gasteiger partial charge in [0, 0.05) is 124 Å². The number of pyridine rings is 1. The molecule has 0 spiro atoms. The predicted octanol–water partition coefficient (Wildman–Crippen LogP) is 8.27. The molecule has 0 radical (unpaired) electrons. The summed E-state index contributed by atoms with van der Waals surface area (Å²) >= 11 is 1.22. The number of aromatic hydroxyl groups is 1. The van der Waals surface area contributed by atoms with Gasteiger partial charge in [-0.15, -0.1) is 21.5 Å². The number of amides is 2. The zero-order chi connectivity index (χ0) is 57.6. The van der Waals surface area contributed by atoms with Crippen LogP contribution in [0.2, 0.25) is 0 Å². The van der Waals surface area contributed by atoms with Gasteiger partial charge in [0.15, 0.2) is 17.4 Å². The van der Waals surface area contributed by atoms with E-state index in [1.807, 2.05) is 44.3 Å². The van der Waals surface area contributed by atoms with E-state index >= 15 is 8.78 Å². The van der Waals surface area contributed by atoms with Crippen LogP contribution < -0.4 is 30.5 Å². The van der Waals surface area contributed by atoms with Crippen molar-refractivity contribution in [3.63, 3.8) is 0 Å². The van der Waals surface area contributed by atoms with E-state index in [9.17, 15) is 19.8 Å². The number of carbonyl (C=O) groups is 2. The lowest BCUT2D eigenvalue weighted by Gasteiger charge is -2.43. The van der Waals surface area contributed by atoms with E-state index in [0.29, 0.717) is 51.0 Å². The monoisotopic (exact) mass is 1160 g/mol. The van der Waals surface area contributed by atoms with Crippen LogP contribution in [0.1, 0.15) is 108 Å². The minimum Gasteiger partial charge on any atom is -0.507 e. The van der Waals surface area contributed by atoms with E-state index in [1.54, 1.807) is 31.5 Å². The molecule has 1 saturated carbocycles. The van der Waals surface area contributed by atoms with Crippen LogP contribution in [0.25, 0.3) is 21.7 Å². The Morgan fingerprint density at radius 3 is 2.33 bits per heavy atom. The Morgan fingerprint density at radius 2 is 1.60 bits per heavy atom. The Labute approximate surface area is 486 Å². The number of hydrogen-bond acceptors (Lipinski definition) is 18. The molecular weight excluding hydrogens is 1080 g/mol. The van der Waals surface area contributed by atoms with Gasteiger partial charge in [0.25, 0.3) is 0 Å². The van der Waals surface area contributed by atoms with E-state index in [0.717, 1.165) is 121 Å². The van der Waals surface area contributed by atoms with Gasteiger partial charge in [-0.05, 0) is 101 Å². The van der Waals surface area contributed by atoms with Crippen LogP contribution in [0.15, 0.2) is 76.9 Å². The highest BCUT2D eigenvalue weighted by molar-refractivity contribution is 7.13. The topological polar surface area (TPSA) is 225 Å². The van der Waals surface area contributed by atoms with Crippen molar-refractivity contribution in [2.24, 2.45) is 11.8 Å². The number of piperidine rings is 2. The molecule has 6 aliphatic rings. The van der Waals surface area contributed by atoms with Gasteiger partial charge in [0.2, 0.25) is 17.7 Å². The number of ether oxygens (including phenoxy) is 2. The summed E-state index contributed by atoms with van der Waals surface area (Å²) < 4.78 is 49.8. The summed E-state index contributed by atoms with van der Waals surface area (Å²) in [7, 11) is 0. The molecule has 5 aliphatic heterocycles. The molecule has 22 heteroatoms. The van der Waals surface area contributed by atoms with Crippen LogP contribution in [-0.2, 0) is 14.3 Å². The van der Waals surface area contributed by atoms with Crippen LogP contribution in [0.5, 0.6) is 11.6 Å². The number of nitrogen functional groups attached to an aromatic ring is 1. The highest BCUT2D eigenvalue weighted by Crippen LogP contribution is 2.42. The number of nitrogens with two attached hydrogens (primary N) is 1. The summed E-state index contributed by atoms with van der Waals surface area (Å²) in [5.41, 5.74) is 11.8. The van der Waals surface area contributed by atoms with Gasteiger partial charge in [0.1, 0.15) is 35.4 Å². The third kappa shape index (κ3) is 11.9. The summed E-state index contributed by atoms with van der Waals surface area (Å²) in [5.74, 6) is -0.446. The smallest absolute Gasteiger partial charge is 0.243 e. The fourth-order valence-corrected chi connectivity index (χ4v) is 14.4. The highest BCUT2D eigenvalue weighted by atomic mass is 32.1. The normalized spacial score (nSPS) is 24.1. The number of rotatable bonds is 17. The van der Waals surface area contributed by atoms with Gasteiger partial charge in [-0.2, -0.15) is 0 Å². The average Bonchev–Trinajstić information content (AvgIpc) is 4.36. The van der Waals surface area contributed by atoms with Gasteiger partial charge in [-0.1, -0.05) is 31.1 Å². The van der Waals surface area contributed by atoms with E-state index in [-0.39, 0.29) is 72.1 Å². The first-order valence-electron chi connectivity index (χ1n) is 29.5. The number of aliphatic hydroxyl groups excluding tert-OH is 1. The zero-order valence-electron chi connectivity index (χ0n) is 47.4. The Kier molecular flexibility index (Phi) is 16.3. The number of thiazole rings is 1. The summed E-state index contributed by atoms with van der Waals surface area (Å²) in [4.78, 5) is 48.5. The molecule has 2 amide bonds. The summed E-state index contributed by atoms with van der Waals surface area (Å²) in [6.07, 6.45) is 9.25. The minimum atomic E-state index is -1.02. The second-order valence-corrected chi connectivity index (χ2v) is 24.9. The van der Waals surface area contributed by atoms with Crippen molar-refractivity contribution >= 4 is 46.2 Å². The lowest BCUT2D eigenvalue weighted by atomic mass is 9.91. The summed E-state index contributed by atoms with van der Waals surface area (Å²) in [6.45, 7) is 13.3. The first kappa shape index (κ1) is 56.5. The number of hydrogen-bond donors (Lipinski definition) is 4. The van der Waals surface area contributed by atoms with E-state index in [2.05, 4.69) is 62.4 Å². The van der Waals surface area contributed by atoms with Gasteiger partial charge < -0.3 is 59.8 Å². The quantitative estimate of drug-likeness (QED) is 0.0674. The summed E-state index contributed by atoms with van der Waals surface area (Å²) in [5, 5.41) is 37.0. The van der Waals surface area contributed by atoms with Crippen LogP contribution in [-0.4, -0.2) is 152 Å². The van der Waals surface area contributed by atoms with Crippen LogP contribution in [0, 0.1) is 30.4 Å². The number of phenolic OH excluding ortho intramolecular Hbond substituents is 1. The summed E-state index contributed by atoms with van der Waals surface area (Å²) in [6, 6.07) is 15.9. The van der Waals surface area contributed by atoms with Crippen molar-refractivity contribution in [3.8, 4) is 33.3 Å². The Balaban J connectivity index is 0.569. The van der Waals surface area contributed by atoms with Crippen LogP contribution in [0.3, 0.4) is 0 Å². The van der Waals surface area contributed by atoms with Crippen molar-refractivity contribution in [1.29, 1.82) is 0 Å². The van der Waals surface area contributed by atoms with Gasteiger partial charge in [-0.3, -0.25) is 9.59 Å². The number of nitrogens with one attached hydrogen (secondary N) is 1. The molecule has 2 bridgehead atoms. The second kappa shape index (κ2) is 23.9. The van der Waals surface area contributed by atoms with Crippen molar-refractivity contribution < 1.29 is 42.6 Å². The first-order valence-corrected chi connectivity index (χ1v) is 30.3. The Morgan fingerprint density at radius 1 is 0.843 bits per heavy atom. The molecule has 6 atom stereocenters. The molecule has 12 rings (SSSR count). The molecule has 5 N–H and O–H groups in total. The van der Waals surface area contributed by atoms with Crippen LogP contribution in [0.4, 0.5) is 31.8 Å². The number of halogens is 2. The number of aliphatic hydroxyl groups is 1. The Hall–Kier alpha value is -7.01. The lowest BCUT2D eigenvalue weighted by molar-refractivity contribution is -0.141. The van der Waals surface area contributed by atoms with Gasteiger partial charge in [0.05, 0.1) is 51.8 Å². The highest BCUT2D eigenvalue weighted by Gasteiger charge is 2.45. The molecule has 5 saturated heterocycles. The number of anilines is 4. The van der Waals surface area contributed by atoms with Crippen molar-refractivity contribution in [3.05, 3.63) is 101 Å². The number of fused-ring (bicyclic) bond motifs is 2. The fourth-order valence-electron chi connectivity index (χ4n) is 13.5. The van der Waals surface area contributed by atoms with E-state index in [4.69, 9.17) is 19.7 Å².